The molecule has 0 fully saturated rings. The van der Waals surface area contributed by atoms with E-state index in [9.17, 15) is 22.5 Å². The summed E-state index contributed by atoms with van der Waals surface area (Å²) in [7, 11) is -3.36. The van der Waals surface area contributed by atoms with Crippen LogP contribution in [0.2, 0.25) is 0 Å². The maximum absolute atomic E-state index is 13.0. The zero-order valence-electron chi connectivity index (χ0n) is 9.17. The van der Waals surface area contributed by atoms with Gasteiger partial charge in [-0.2, -0.15) is 8.42 Å². The van der Waals surface area contributed by atoms with Crippen molar-refractivity contribution in [2.24, 2.45) is 0 Å². The number of likely N-dealkylation sites (N-methyl/N-ethyl adjacent to an activating group) is 1. The van der Waals surface area contributed by atoms with Gasteiger partial charge in [0, 0.05) is 12.1 Å². The molecule has 0 saturated carbocycles. The first-order valence-electron chi connectivity index (χ1n) is 4.92. The van der Waals surface area contributed by atoms with Crippen LogP contribution in [-0.4, -0.2) is 38.3 Å². The molecule has 7 heteroatoms. The molecule has 0 aromatic heterocycles. The molecule has 2 atom stereocenters. The van der Waals surface area contributed by atoms with Gasteiger partial charge in [0.15, 0.2) is 0 Å². The lowest BCUT2D eigenvalue weighted by molar-refractivity contribution is 0.0185. The predicted molar refractivity (Wildman–Crippen MR) is 59.6 cm³/mol. The number of halogens is 1. The predicted octanol–water partition coefficient (Wildman–Crippen LogP) is -0.0415. The highest BCUT2D eigenvalue weighted by Gasteiger charge is 2.25. The average Bonchev–Trinajstić information content (AvgIpc) is 2.27. The maximum atomic E-state index is 13.0. The first-order chi connectivity index (χ1) is 7.88. The lowest BCUT2D eigenvalue weighted by atomic mass is 10.0. The molecule has 0 radical (unpaired) electrons. The van der Waals surface area contributed by atoms with E-state index in [1.807, 2.05) is 0 Å². The summed E-state index contributed by atoms with van der Waals surface area (Å²) < 4.78 is 34.7. The van der Waals surface area contributed by atoms with E-state index in [2.05, 4.69) is 5.32 Å². The Hall–Kier alpha value is -1.02. The molecular formula is C10H14FNO4S. The van der Waals surface area contributed by atoms with Crippen LogP contribution in [0.15, 0.2) is 29.2 Å². The highest BCUT2D eigenvalue weighted by atomic mass is 32.3. The van der Waals surface area contributed by atoms with Crippen molar-refractivity contribution in [1.82, 2.24) is 5.32 Å². The van der Waals surface area contributed by atoms with E-state index in [0.717, 1.165) is 6.07 Å². The van der Waals surface area contributed by atoms with Crippen molar-refractivity contribution in [1.29, 1.82) is 0 Å². The Bertz CT molecular complexity index is 477. The lowest BCUT2D eigenvalue weighted by Gasteiger charge is -2.19. The molecule has 0 aliphatic carbocycles. The Morgan fingerprint density at radius 3 is 2.47 bits per heavy atom. The van der Waals surface area contributed by atoms with Crippen LogP contribution in [0, 0.1) is 0 Å². The van der Waals surface area contributed by atoms with Gasteiger partial charge in [0.05, 0.1) is 6.10 Å². The summed E-state index contributed by atoms with van der Waals surface area (Å²) in [5.74, 6) is 0. The molecule has 0 saturated heterocycles. The Morgan fingerprint density at radius 2 is 1.94 bits per heavy atom. The minimum atomic E-state index is -4.92. The van der Waals surface area contributed by atoms with Crippen LogP contribution < -0.4 is 5.32 Å². The van der Waals surface area contributed by atoms with E-state index < -0.39 is 27.3 Å². The van der Waals surface area contributed by atoms with Gasteiger partial charge >= 0.3 is 10.2 Å². The molecule has 0 heterocycles. The summed E-state index contributed by atoms with van der Waals surface area (Å²) in [6, 6.07) is 5.10. The zero-order chi connectivity index (χ0) is 13.1. The Kier molecular flexibility index (Phi) is 4.58. The molecule has 1 aromatic carbocycles. The fraction of sp³-hybridized carbons (Fsp3) is 0.400. The number of hydrogen-bond donors (Lipinski definition) is 3. The van der Waals surface area contributed by atoms with Gasteiger partial charge in [0.1, 0.15) is 11.0 Å². The molecule has 2 unspecified atom stereocenters. The molecule has 0 bridgehead atoms. The number of rotatable bonds is 5. The highest BCUT2D eigenvalue weighted by molar-refractivity contribution is 7.86. The SMILES string of the molecule is CNCC(O)C(O)c1ccccc1S(=O)(=O)F. The number of aliphatic hydroxyl groups is 2. The molecule has 1 aromatic rings. The van der Waals surface area contributed by atoms with Crippen LogP contribution in [0.1, 0.15) is 11.7 Å². The molecule has 3 N–H and O–H groups in total. The molecule has 1 rings (SSSR count). The fourth-order valence-corrected chi connectivity index (χ4v) is 2.19. The molecule has 17 heavy (non-hydrogen) atoms. The van der Waals surface area contributed by atoms with Gasteiger partial charge < -0.3 is 15.5 Å². The van der Waals surface area contributed by atoms with Crippen molar-refractivity contribution in [2.45, 2.75) is 17.1 Å². The normalized spacial score (nSPS) is 15.5. The van der Waals surface area contributed by atoms with Crippen LogP contribution in [0.5, 0.6) is 0 Å². The van der Waals surface area contributed by atoms with Crippen molar-refractivity contribution < 1.29 is 22.5 Å². The van der Waals surface area contributed by atoms with Crippen LogP contribution in [0.3, 0.4) is 0 Å². The number of hydrogen-bond acceptors (Lipinski definition) is 5. The second-order valence-electron chi connectivity index (χ2n) is 3.55. The van der Waals surface area contributed by atoms with E-state index >= 15 is 0 Å². The minimum Gasteiger partial charge on any atom is -0.389 e. The van der Waals surface area contributed by atoms with Crippen LogP contribution in [-0.2, 0) is 10.2 Å². The third-order valence-corrected chi connectivity index (χ3v) is 3.18. The van der Waals surface area contributed by atoms with Gasteiger partial charge in [-0.1, -0.05) is 18.2 Å². The molecule has 0 amide bonds. The topological polar surface area (TPSA) is 86.6 Å². The van der Waals surface area contributed by atoms with E-state index in [1.54, 1.807) is 7.05 Å². The Morgan fingerprint density at radius 1 is 1.35 bits per heavy atom. The fourth-order valence-electron chi connectivity index (χ4n) is 1.47. The second kappa shape index (κ2) is 5.54. The lowest BCUT2D eigenvalue weighted by Crippen LogP contribution is -2.30. The molecule has 0 spiro atoms. The summed E-state index contributed by atoms with van der Waals surface area (Å²) in [6.45, 7) is 0.0574. The van der Waals surface area contributed by atoms with Crippen LogP contribution in [0.25, 0.3) is 0 Å². The van der Waals surface area contributed by atoms with E-state index in [0.29, 0.717) is 0 Å². The second-order valence-corrected chi connectivity index (χ2v) is 4.86. The Balaban J connectivity index is 3.14. The quantitative estimate of drug-likeness (QED) is 0.649. The number of aliphatic hydroxyl groups excluding tert-OH is 2. The first-order valence-corrected chi connectivity index (χ1v) is 6.30. The maximum Gasteiger partial charge on any atom is 0.332 e. The standard InChI is InChI=1S/C10H14FNO4S/c1-12-6-8(13)10(14)7-4-2-3-5-9(7)17(11,15)16/h2-5,8,10,12-14H,6H2,1H3. The summed E-state index contributed by atoms with van der Waals surface area (Å²) in [6.07, 6.45) is -2.69. The summed E-state index contributed by atoms with van der Waals surface area (Å²) in [5, 5.41) is 21.9. The largest absolute Gasteiger partial charge is 0.389 e. The van der Waals surface area contributed by atoms with Gasteiger partial charge in [-0.3, -0.25) is 0 Å². The van der Waals surface area contributed by atoms with Gasteiger partial charge in [-0.25, -0.2) is 0 Å². The van der Waals surface area contributed by atoms with Crippen molar-refractivity contribution >= 4 is 10.2 Å². The first kappa shape index (κ1) is 14.0. The van der Waals surface area contributed by atoms with Crippen molar-refractivity contribution in [3.63, 3.8) is 0 Å². The minimum absolute atomic E-state index is 0.0574. The highest BCUT2D eigenvalue weighted by Crippen LogP contribution is 2.25. The third kappa shape index (κ3) is 3.47. The summed E-state index contributed by atoms with van der Waals surface area (Å²) in [5.41, 5.74) is -0.155. The smallest absolute Gasteiger partial charge is 0.332 e. The average molecular weight is 263 g/mol. The Labute approximate surface area is 99.1 Å². The van der Waals surface area contributed by atoms with E-state index in [-0.39, 0.29) is 12.1 Å². The van der Waals surface area contributed by atoms with Crippen molar-refractivity contribution in [3.05, 3.63) is 29.8 Å². The van der Waals surface area contributed by atoms with Gasteiger partial charge in [-0.05, 0) is 13.1 Å². The molecular weight excluding hydrogens is 249 g/mol. The zero-order valence-corrected chi connectivity index (χ0v) is 9.98. The molecule has 0 aliphatic heterocycles. The summed E-state index contributed by atoms with van der Waals surface area (Å²) in [4.78, 5) is -0.623. The number of nitrogens with one attached hydrogen (secondary N) is 1. The van der Waals surface area contributed by atoms with E-state index in [4.69, 9.17) is 0 Å². The van der Waals surface area contributed by atoms with Crippen molar-refractivity contribution in [2.75, 3.05) is 13.6 Å². The van der Waals surface area contributed by atoms with E-state index in [1.165, 1.54) is 18.2 Å². The van der Waals surface area contributed by atoms with Gasteiger partial charge in [0.25, 0.3) is 0 Å². The van der Waals surface area contributed by atoms with Crippen LogP contribution in [0.4, 0.5) is 3.89 Å². The third-order valence-electron chi connectivity index (χ3n) is 2.28. The molecule has 0 aliphatic rings. The van der Waals surface area contributed by atoms with Crippen LogP contribution >= 0.6 is 0 Å². The van der Waals surface area contributed by atoms with Crippen molar-refractivity contribution in [3.8, 4) is 0 Å². The molecule has 5 nitrogen and oxygen atoms in total. The monoisotopic (exact) mass is 263 g/mol. The molecule has 96 valence electrons. The van der Waals surface area contributed by atoms with Gasteiger partial charge in [-0.15, -0.1) is 3.89 Å². The summed E-state index contributed by atoms with van der Waals surface area (Å²) >= 11 is 0. The van der Waals surface area contributed by atoms with Gasteiger partial charge in [0.2, 0.25) is 0 Å². The number of benzene rings is 1.